The van der Waals surface area contributed by atoms with E-state index in [2.05, 4.69) is 22.1 Å². The molecule has 1 aromatic heterocycles. The Balaban J connectivity index is 1.59. The number of hydrogen-bond acceptors (Lipinski definition) is 4. The summed E-state index contributed by atoms with van der Waals surface area (Å²) in [5.74, 6) is 1.66. The van der Waals surface area contributed by atoms with E-state index in [0.717, 1.165) is 51.3 Å². The van der Waals surface area contributed by atoms with Gasteiger partial charge >= 0.3 is 0 Å². The lowest BCUT2D eigenvalue weighted by molar-refractivity contribution is -0.119. The molecule has 1 aromatic rings. The summed E-state index contributed by atoms with van der Waals surface area (Å²) in [5, 5.41) is 2.95. The molecule has 6 nitrogen and oxygen atoms in total. The second-order valence-electron chi connectivity index (χ2n) is 7.01. The third-order valence-electron chi connectivity index (χ3n) is 4.99. The van der Waals surface area contributed by atoms with Crippen LogP contribution in [-0.4, -0.2) is 53.9 Å². The third kappa shape index (κ3) is 3.86. The Morgan fingerprint density at radius 3 is 2.54 bits per heavy atom. The number of nitrogens with zero attached hydrogens (tertiary/aromatic N) is 3. The number of rotatable bonds is 3. The topological polar surface area (TPSA) is 65.5 Å². The lowest BCUT2D eigenvalue weighted by Crippen LogP contribution is -2.38. The number of likely N-dealkylation sites (tertiary alicyclic amines) is 1. The van der Waals surface area contributed by atoms with E-state index < -0.39 is 0 Å². The second kappa shape index (κ2) is 7.20. The van der Waals surface area contributed by atoms with Crippen molar-refractivity contribution < 1.29 is 9.59 Å². The summed E-state index contributed by atoms with van der Waals surface area (Å²) in [6.07, 6.45) is 4.76. The highest BCUT2D eigenvalue weighted by Gasteiger charge is 2.25. The average Bonchev–Trinajstić information content (AvgIpc) is 3.03. The van der Waals surface area contributed by atoms with Crippen LogP contribution in [0.4, 0.5) is 5.82 Å². The predicted octanol–water partition coefficient (Wildman–Crippen LogP) is 1.67. The molecule has 2 aliphatic rings. The van der Waals surface area contributed by atoms with Gasteiger partial charge in [0.15, 0.2) is 0 Å². The van der Waals surface area contributed by atoms with Gasteiger partial charge in [-0.15, -0.1) is 0 Å². The smallest absolute Gasteiger partial charge is 0.255 e. The molecular formula is C18H26N4O2. The van der Waals surface area contributed by atoms with Gasteiger partial charge in [0.05, 0.1) is 5.56 Å². The maximum Gasteiger partial charge on any atom is 0.255 e. The summed E-state index contributed by atoms with van der Waals surface area (Å²) >= 11 is 0. The molecule has 2 aliphatic heterocycles. The fourth-order valence-corrected chi connectivity index (χ4v) is 3.47. The molecule has 130 valence electrons. The summed E-state index contributed by atoms with van der Waals surface area (Å²) in [7, 11) is 0. The van der Waals surface area contributed by atoms with Crippen molar-refractivity contribution in [2.24, 2.45) is 5.92 Å². The average molecular weight is 330 g/mol. The molecule has 3 rings (SSSR count). The van der Waals surface area contributed by atoms with Gasteiger partial charge in [-0.3, -0.25) is 9.59 Å². The van der Waals surface area contributed by atoms with E-state index in [1.165, 1.54) is 0 Å². The number of pyridine rings is 1. The molecule has 0 radical (unpaired) electrons. The summed E-state index contributed by atoms with van der Waals surface area (Å²) in [5.41, 5.74) is 0.658. The number of nitrogens with one attached hydrogen (secondary N) is 1. The van der Waals surface area contributed by atoms with Crippen molar-refractivity contribution in [1.82, 2.24) is 15.2 Å². The summed E-state index contributed by atoms with van der Waals surface area (Å²) in [6.45, 7) is 7.10. The minimum Gasteiger partial charge on any atom is -0.354 e. The molecular weight excluding hydrogens is 304 g/mol. The standard InChI is InChI=1S/C18H26N4O2/c1-13-5-8-21(9-6-13)18(24)15-3-4-17(19-11-15)22-10-7-16(12-22)20-14(2)23/h3-4,11,13,16H,5-10,12H2,1-2H3,(H,20,23). The number of anilines is 1. The third-order valence-corrected chi connectivity index (χ3v) is 4.99. The van der Waals surface area contributed by atoms with Crippen molar-refractivity contribution in [2.75, 3.05) is 31.1 Å². The number of hydrogen-bond donors (Lipinski definition) is 1. The summed E-state index contributed by atoms with van der Waals surface area (Å²) < 4.78 is 0. The highest BCUT2D eigenvalue weighted by Crippen LogP contribution is 2.21. The van der Waals surface area contributed by atoms with Crippen molar-refractivity contribution in [3.63, 3.8) is 0 Å². The Labute approximate surface area is 143 Å². The molecule has 0 aromatic carbocycles. The Morgan fingerprint density at radius 1 is 1.17 bits per heavy atom. The van der Waals surface area contributed by atoms with Crippen molar-refractivity contribution in [1.29, 1.82) is 0 Å². The van der Waals surface area contributed by atoms with Gasteiger partial charge < -0.3 is 15.1 Å². The van der Waals surface area contributed by atoms with Gasteiger partial charge in [-0.05, 0) is 37.3 Å². The van der Waals surface area contributed by atoms with Crippen LogP contribution in [0.1, 0.15) is 43.5 Å². The first-order valence-electron chi connectivity index (χ1n) is 8.80. The minimum absolute atomic E-state index is 0.00611. The van der Waals surface area contributed by atoms with E-state index in [1.807, 2.05) is 17.0 Å². The zero-order valence-electron chi connectivity index (χ0n) is 14.5. The molecule has 24 heavy (non-hydrogen) atoms. The van der Waals surface area contributed by atoms with Crippen LogP contribution >= 0.6 is 0 Å². The molecule has 0 saturated carbocycles. The van der Waals surface area contributed by atoms with Gasteiger partial charge in [0, 0.05) is 45.3 Å². The van der Waals surface area contributed by atoms with Gasteiger partial charge in [0.2, 0.25) is 5.91 Å². The number of carbonyl (C=O) groups is 2. The monoisotopic (exact) mass is 330 g/mol. The van der Waals surface area contributed by atoms with Crippen LogP contribution in [0, 0.1) is 5.92 Å². The molecule has 1 N–H and O–H groups in total. The summed E-state index contributed by atoms with van der Waals surface area (Å²) in [6, 6.07) is 3.96. The zero-order valence-corrected chi connectivity index (χ0v) is 14.5. The van der Waals surface area contributed by atoms with Crippen LogP contribution in [0.25, 0.3) is 0 Å². The van der Waals surface area contributed by atoms with Gasteiger partial charge in [0.1, 0.15) is 5.82 Å². The fraction of sp³-hybridized carbons (Fsp3) is 0.611. The molecule has 2 fully saturated rings. The quantitative estimate of drug-likeness (QED) is 0.915. The van der Waals surface area contributed by atoms with E-state index in [-0.39, 0.29) is 17.9 Å². The number of amides is 2. The highest BCUT2D eigenvalue weighted by molar-refractivity contribution is 5.94. The van der Waals surface area contributed by atoms with Crippen LogP contribution in [-0.2, 0) is 4.79 Å². The van der Waals surface area contributed by atoms with Gasteiger partial charge in [0.25, 0.3) is 5.91 Å². The van der Waals surface area contributed by atoms with Crippen LogP contribution < -0.4 is 10.2 Å². The van der Waals surface area contributed by atoms with E-state index in [9.17, 15) is 9.59 Å². The van der Waals surface area contributed by atoms with Crippen LogP contribution in [0.3, 0.4) is 0 Å². The SMILES string of the molecule is CC(=O)NC1CCN(c2ccc(C(=O)N3CCC(C)CC3)cn2)C1. The van der Waals surface area contributed by atoms with Gasteiger partial charge in [-0.25, -0.2) is 4.98 Å². The van der Waals surface area contributed by atoms with Gasteiger partial charge in [-0.1, -0.05) is 6.92 Å². The first kappa shape index (κ1) is 16.7. The summed E-state index contributed by atoms with van der Waals surface area (Å²) in [4.78, 5) is 32.2. The maximum atomic E-state index is 12.5. The Morgan fingerprint density at radius 2 is 1.92 bits per heavy atom. The molecule has 1 atom stereocenters. The molecule has 0 spiro atoms. The molecule has 1 unspecified atom stereocenters. The first-order chi connectivity index (χ1) is 11.5. The van der Waals surface area contributed by atoms with Crippen molar-refractivity contribution >= 4 is 17.6 Å². The normalized spacial score (nSPS) is 21.8. The lowest BCUT2D eigenvalue weighted by atomic mass is 9.99. The largest absolute Gasteiger partial charge is 0.354 e. The van der Waals surface area contributed by atoms with Crippen molar-refractivity contribution in [3.05, 3.63) is 23.9 Å². The van der Waals surface area contributed by atoms with Gasteiger partial charge in [-0.2, -0.15) is 0 Å². The predicted molar refractivity (Wildman–Crippen MR) is 93.0 cm³/mol. The molecule has 2 saturated heterocycles. The second-order valence-corrected chi connectivity index (χ2v) is 7.01. The van der Waals surface area contributed by atoms with Crippen molar-refractivity contribution in [3.8, 4) is 0 Å². The van der Waals surface area contributed by atoms with E-state index in [0.29, 0.717) is 11.5 Å². The van der Waals surface area contributed by atoms with E-state index >= 15 is 0 Å². The zero-order chi connectivity index (χ0) is 17.1. The molecule has 2 amide bonds. The first-order valence-corrected chi connectivity index (χ1v) is 8.80. The van der Waals surface area contributed by atoms with E-state index in [1.54, 1.807) is 13.1 Å². The maximum absolute atomic E-state index is 12.5. The Kier molecular flexibility index (Phi) is 5.02. The number of piperidine rings is 1. The van der Waals surface area contributed by atoms with E-state index in [4.69, 9.17) is 0 Å². The fourth-order valence-electron chi connectivity index (χ4n) is 3.47. The molecule has 6 heteroatoms. The van der Waals surface area contributed by atoms with Crippen LogP contribution in [0.15, 0.2) is 18.3 Å². The minimum atomic E-state index is 0.00611. The molecule has 0 aliphatic carbocycles. The van der Waals surface area contributed by atoms with Crippen LogP contribution in [0.5, 0.6) is 0 Å². The molecule has 3 heterocycles. The lowest BCUT2D eigenvalue weighted by Gasteiger charge is -2.30. The van der Waals surface area contributed by atoms with Crippen LogP contribution in [0.2, 0.25) is 0 Å². The molecule has 0 bridgehead atoms. The highest BCUT2D eigenvalue weighted by atomic mass is 16.2. The number of aromatic nitrogens is 1. The Hall–Kier alpha value is -2.11. The van der Waals surface area contributed by atoms with Crippen molar-refractivity contribution in [2.45, 2.75) is 39.2 Å². The Bertz CT molecular complexity index is 594. The number of carbonyl (C=O) groups excluding carboxylic acids is 2.